The van der Waals surface area contributed by atoms with Gasteiger partial charge in [0, 0.05) is 17.3 Å². The molecule has 0 bridgehead atoms. The van der Waals surface area contributed by atoms with Crippen molar-refractivity contribution in [2.75, 3.05) is 18.7 Å². The molecule has 126 valence electrons. The van der Waals surface area contributed by atoms with Crippen molar-refractivity contribution in [3.63, 3.8) is 0 Å². The number of nitrogens with one attached hydrogen (secondary N) is 2. The number of anilines is 1. The second-order valence-electron chi connectivity index (χ2n) is 4.70. The van der Waals surface area contributed by atoms with Crippen LogP contribution >= 0.6 is 11.8 Å². The third kappa shape index (κ3) is 4.26. The van der Waals surface area contributed by atoms with Crippen molar-refractivity contribution in [1.29, 1.82) is 0 Å². The highest BCUT2D eigenvalue weighted by atomic mass is 32.2. The van der Waals surface area contributed by atoms with E-state index in [9.17, 15) is 9.18 Å². The van der Waals surface area contributed by atoms with E-state index in [0.717, 1.165) is 4.90 Å². The third-order valence-electron chi connectivity index (χ3n) is 3.17. The highest BCUT2D eigenvalue weighted by Crippen LogP contribution is 2.24. The van der Waals surface area contributed by atoms with E-state index in [-0.39, 0.29) is 11.3 Å². The Bertz CT molecular complexity index is 754. The number of carbonyl (C=O) groups excluding carboxylic acids is 1. The van der Waals surface area contributed by atoms with E-state index in [1.165, 1.54) is 24.9 Å². The van der Waals surface area contributed by atoms with Crippen LogP contribution in [0.15, 0.2) is 63.5 Å². The lowest BCUT2D eigenvalue weighted by atomic mass is 10.1. The van der Waals surface area contributed by atoms with Gasteiger partial charge in [0.2, 0.25) is 0 Å². The fourth-order valence-corrected chi connectivity index (χ4v) is 2.40. The van der Waals surface area contributed by atoms with Gasteiger partial charge in [0.25, 0.3) is 0 Å². The molecule has 0 radical (unpaired) electrons. The van der Waals surface area contributed by atoms with Gasteiger partial charge in [0.15, 0.2) is 0 Å². The number of ether oxygens (including phenoxy) is 1. The van der Waals surface area contributed by atoms with Gasteiger partial charge in [-0.15, -0.1) is 11.8 Å². The number of hydrogen-bond acceptors (Lipinski definition) is 6. The Morgan fingerprint density at radius 3 is 2.83 bits per heavy atom. The Balaban J connectivity index is 2.35. The first kappa shape index (κ1) is 17.8. The number of nitrogens with zero attached hydrogens (tertiary/aromatic N) is 1. The standard InChI is InChI=1S/C17H18FN3O2S/c1-4-19-10-11-5-7-13(17(22)23-2)16(20-11)21-15-8-6-12(24-3)9-14(15)18/h4-10,20-21H,1-3H3/b11-10-,19-4?. The van der Waals surface area contributed by atoms with Crippen LogP contribution in [0.1, 0.15) is 6.92 Å². The van der Waals surface area contributed by atoms with E-state index >= 15 is 0 Å². The zero-order valence-electron chi connectivity index (χ0n) is 13.6. The van der Waals surface area contributed by atoms with Crippen molar-refractivity contribution in [3.05, 3.63) is 59.5 Å². The number of rotatable bonds is 5. The lowest BCUT2D eigenvalue weighted by molar-refractivity contribution is -0.135. The molecule has 0 atom stereocenters. The van der Waals surface area contributed by atoms with E-state index in [1.807, 2.05) is 6.26 Å². The number of dihydropyridines is 1. The number of allylic oxidation sites excluding steroid dienone is 1. The minimum atomic E-state index is -0.527. The van der Waals surface area contributed by atoms with Crippen LogP contribution in [0.5, 0.6) is 0 Å². The van der Waals surface area contributed by atoms with Crippen LogP contribution in [0.4, 0.5) is 10.1 Å². The van der Waals surface area contributed by atoms with Gasteiger partial charge in [0.1, 0.15) is 17.2 Å². The Hall–Kier alpha value is -2.54. The number of hydrogen-bond donors (Lipinski definition) is 2. The van der Waals surface area contributed by atoms with Crippen molar-refractivity contribution in [2.45, 2.75) is 11.8 Å². The summed E-state index contributed by atoms with van der Waals surface area (Å²) in [5.41, 5.74) is 1.18. The fraction of sp³-hybridized carbons (Fsp3) is 0.176. The van der Waals surface area contributed by atoms with Gasteiger partial charge in [-0.25, -0.2) is 9.18 Å². The number of aliphatic imine (C=N–C) groups is 1. The topological polar surface area (TPSA) is 62.7 Å². The molecule has 1 heterocycles. The van der Waals surface area contributed by atoms with Crippen molar-refractivity contribution in [2.24, 2.45) is 4.99 Å². The molecule has 7 heteroatoms. The number of methoxy groups -OCH3 is 1. The maximum absolute atomic E-state index is 14.2. The van der Waals surface area contributed by atoms with Gasteiger partial charge in [0.05, 0.1) is 18.5 Å². The normalized spacial score (nSPS) is 15.8. The first-order valence-electron chi connectivity index (χ1n) is 7.15. The van der Waals surface area contributed by atoms with E-state index < -0.39 is 11.8 Å². The molecule has 0 spiro atoms. The zero-order chi connectivity index (χ0) is 17.5. The van der Waals surface area contributed by atoms with Crippen molar-refractivity contribution < 1.29 is 13.9 Å². The molecule has 1 aliphatic rings. The molecule has 1 aliphatic heterocycles. The number of benzene rings is 1. The molecule has 1 aromatic rings. The molecular weight excluding hydrogens is 329 g/mol. The minimum Gasteiger partial charge on any atom is -0.465 e. The minimum absolute atomic E-state index is 0.255. The van der Waals surface area contributed by atoms with Crippen LogP contribution in [0.2, 0.25) is 0 Å². The average molecular weight is 347 g/mol. The molecule has 0 saturated carbocycles. The molecule has 0 fully saturated rings. The second-order valence-corrected chi connectivity index (χ2v) is 5.58. The highest BCUT2D eigenvalue weighted by molar-refractivity contribution is 7.98. The van der Waals surface area contributed by atoms with E-state index in [4.69, 9.17) is 4.74 Å². The predicted octanol–water partition coefficient (Wildman–Crippen LogP) is 3.44. The van der Waals surface area contributed by atoms with Crippen LogP contribution < -0.4 is 10.6 Å². The molecule has 0 amide bonds. The van der Waals surface area contributed by atoms with Crippen LogP contribution in [-0.2, 0) is 9.53 Å². The van der Waals surface area contributed by atoms with E-state index in [0.29, 0.717) is 11.5 Å². The maximum Gasteiger partial charge on any atom is 0.341 e. The molecule has 0 unspecified atom stereocenters. The smallest absolute Gasteiger partial charge is 0.341 e. The lowest BCUT2D eigenvalue weighted by Crippen LogP contribution is -2.26. The summed E-state index contributed by atoms with van der Waals surface area (Å²) in [6.45, 7) is 1.79. The molecule has 2 rings (SSSR count). The van der Waals surface area contributed by atoms with Gasteiger partial charge in [-0.3, -0.25) is 4.99 Å². The van der Waals surface area contributed by atoms with Gasteiger partial charge in [-0.2, -0.15) is 0 Å². The Morgan fingerprint density at radius 2 is 2.21 bits per heavy atom. The van der Waals surface area contributed by atoms with E-state index in [2.05, 4.69) is 15.6 Å². The monoisotopic (exact) mass is 347 g/mol. The average Bonchev–Trinajstić information content (AvgIpc) is 2.61. The summed E-state index contributed by atoms with van der Waals surface area (Å²) < 4.78 is 19.0. The van der Waals surface area contributed by atoms with Crippen molar-refractivity contribution in [3.8, 4) is 0 Å². The zero-order valence-corrected chi connectivity index (χ0v) is 14.4. The summed E-state index contributed by atoms with van der Waals surface area (Å²) in [5.74, 6) is -0.606. The predicted molar refractivity (Wildman–Crippen MR) is 95.4 cm³/mol. The van der Waals surface area contributed by atoms with Gasteiger partial charge >= 0.3 is 5.97 Å². The first-order valence-corrected chi connectivity index (χ1v) is 8.37. The SMILES string of the molecule is CC=N/C=C1/C=CC(C(=O)OC)=C(Nc2ccc(SC)cc2F)N1. The van der Waals surface area contributed by atoms with Gasteiger partial charge < -0.3 is 15.4 Å². The molecule has 0 aromatic heterocycles. The largest absolute Gasteiger partial charge is 0.465 e. The molecule has 2 N–H and O–H groups in total. The Morgan fingerprint density at radius 1 is 1.42 bits per heavy atom. The van der Waals surface area contributed by atoms with Crippen LogP contribution in [0, 0.1) is 5.82 Å². The fourth-order valence-electron chi connectivity index (χ4n) is 1.98. The lowest BCUT2D eigenvalue weighted by Gasteiger charge is -2.20. The van der Waals surface area contributed by atoms with Gasteiger partial charge in [-0.1, -0.05) is 0 Å². The highest BCUT2D eigenvalue weighted by Gasteiger charge is 2.19. The van der Waals surface area contributed by atoms with Crippen molar-refractivity contribution >= 4 is 29.6 Å². The van der Waals surface area contributed by atoms with Crippen molar-refractivity contribution in [1.82, 2.24) is 5.32 Å². The second kappa shape index (κ2) is 8.35. The summed E-state index contributed by atoms with van der Waals surface area (Å²) >= 11 is 1.45. The molecule has 0 aliphatic carbocycles. The first-order chi connectivity index (χ1) is 11.6. The third-order valence-corrected chi connectivity index (χ3v) is 3.90. The number of esters is 1. The number of thioether (sulfide) groups is 1. The van der Waals surface area contributed by atoms with Gasteiger partial charge in [-0.05, 0) is 43.5 Å². The number of halogens is 1. The molecule has 1 aromatic carbocycles. The summed E-state index contributed by atoms with van der Waals surface area (Å²) in [7, 11) is 1.29. The van der Waals surface area contributed by atoms with Crippen LogP contribution in [-0.4, -0.2) is 25.5 Å². The van der Waals surface area contributed by atoms with Crippen LogP contribution in [0.25, 0.3) is 0 Å². The molecule has 5 nitrogen and oxygen atoms in total. The summed E-state index contributed by atoms with van der Waals surface area (Å²) in [4.78, 5) is 16.8. The summed E-state index contributed by atoms with van der Waals surface area (Å²) in [6.07, 6.45) is 8.39. The quantitative estimate of drug-likeness (QED) is 0.485. The number of carbonyl (C=O) groups is 1. The maximum atomic E-state index is 14.2. The van der Waals surface area contributed by atoms with Crippen LogP contribution in [0.3, 0.4) is 0 Å². The summed E-state index contributed by atoms with van der Waals surface area (Å²) in [6, 6.07) is 4.85. The summed E-state index contributed by atoms with van der Waals surface area (Å²) in [5, 5.41) is 5.93. The Labute approximate surface area is 144 Å². The molecular formula is C17H18FN3O2S. The molecule has 0 saturated heterocycles. The molecule has 24 heavy (non-hydrogen) atoms. The van der Waals surface area contributed by atoms with E-state index in [1.54, 1.807) is 43.6 Å². The Kier molecular flexibility index (Phi) is 6.20.